The molecule has 1 fully saturated rings. The molecule has 1 heterocycles. The molecule has 1 aliphatic rings. The summed E-state index contributed by atoms with van der Waals surface area (Å²) in [7, 11) is 0. The highest BCUT2D eigenvalue weighted by Gasteiger charge is 2.57. The number of carboxylic acid groups (broad SMARTS) is 1. The van der Waals surface area contributed by atoms with Gasteiger partial charge in [0.15, 0.2) is 5.82 Å². The molecule has 1 saturated carbocycles. The van der Waals surface area contributed by atoms with Crippen LogP contribution in [0.15, 0.2) is 53.1 Å². The number of urea groups is 1. The molecule has 3 N–H and O–H groups in total. The second-order valence-electron chi connectivity index (χ2n) is 7.33. The Morgan fingerprint density at radius 2 is 1.68 bits per heavy atom. The lowest BCUT2D eigenvalue weighted by Gasteiger charge is -2.16. The molecular weight excluding hydrogens is 443 g/mol. The molecule has 0 spiro atoms. The summed E-state index contributed by atoms with van der Waals surface area (Å²) in [6, 6.07) is 12.7. The number of rotatable bonds is 7. The van der Waals surface area contributed by atoms with E-state index >= 15 is 0 Å². The fourth-order valence-corrected chi connectivity index (χ4v) is 3.39. The summed E-state index contributed by atoms with van der Waals surface area (Å²) < 4.78 is 5.25. The van der Waals surface area contributed by atoms with E-state index in [4.69, 9.17) is 27.7 Å². The minimum Gasteiger partial charge on any atom is -0.480 e. The summed E-state index contributed by atoms with van der Waals surface area (Å²) in [5.41, 5.74) is 0.317. The number of carbonyl (C=O) groups is 2. The van der Waals surface area contributed by atoms with E-state index in [1.165, 1.54) is 0 Å². The van der Waals surface area contributed by atoms with E-state index in [1.54, 1.807) is 36.4 Å². The van der Waals surface area contributed by atoms with E-state index in [2.05, 4.69) is 20.8 Å². The van der Waals surface area contributed by atoms with Crippen molar-refractivity contribution < 1.29 is 19.2 Å². The van der Waals surface area contributed by atoms with Gasteiger partial charge in [0, 0.05) is 22.2 Å². The van der Waals surface area contributed by atoms with Crippen LogP contribution in [-0.2, 0) is 16.6 Å². The molecule has 1 aromatic heterocycles. The molecule has 0 bridgehead atoms. The number of benzene rings is 2. The van der Waals surface area contributed by atoms with E-state index in [1.807, 2.05) is 12.1 Å². The highest BCUT2D eigenvalue weighted by atomic mass is 35.5. The highest BCUT2D eigenvalue weighted by Crippen LogP contribution is 2.47. The third-order valence-corrected chi connectivity index (χ3v) is 5.59. The molecule has 31 heavy (non-hydrogen) atoms. The van der Waals surface area contributed by atoms with Crippen LogP contribution < -0.4 is 10.6 Å². The SMILES string of the molecule is O=C(Nc1ccc(Cl)cc1)NC(Cc1ccc(Cl)cc1)c1noc(C2(C(=O)O)CC2)n1. The van der Waals surface area contributed by atoms with Crippen LogP contribution in [0, 0.1) is 0 Å². The first-order valence-corrected chi connectivity index (χ1v) is 10.3. The number of aliphatic carboxylic acids is 1. The number of nitrogens with zero attached hydrogens (tertiary/aromatic N) is 2. The number of hydrogen-bond acceptors (Lipinski definition) is 5. The van der Waals surface area contributed by atoms with Crippen molar-refractivity contribution in [1.29, 1.82) is 0 Å². The van der Waals surface area contributed by atoms with Crippen LogP contribution in [-0.4, -0.2) is 27.2 Å². The van der Waals surface area contributed by atoms with Gasteiger partial charge in [0.2, 0.25) is 5.89 Å². The van der Waals surface area contributed by atoms with Crippen molar-refractivity contribution in [2.45, 2.75) is 30.7 Å². The van der Waals surface area contributed by atoms with E-state index in [-0.39, 0.29) is 11.7 Å². The standard InChI is InChI=1S/C21H18Cl2N4O4/c22-13-3-1-12(2-4-13)11-16(25-20(30)24-15-7-5-14(23)6-8-15)17-26-18(31-27-17)21(9-10-21)19(28)29/h1-8,16H,9-11H2,(H,28,29)(H2,24,25,30). The third-order valence-electron chi connectivity index (χ3n) is 5.08. The summed E-state index contributed by atoms with van der Waals surface area (Å²) in [6.45, 7) is 0. The van der Waals surface area contributed by atoms with Gasteiger partial charge in [0.05, 0.1) is 6.04 Å². The molecule has 2 aromatic carbocycles. The van der Waals surface area contributed by atoms with Crippen LogP contribution in [0.1, 0.15) is 36.2 Å². The lowest BCUT2D eigenvalue weighted by molar-refractivity contribution is -0.140. The van der Waals surface area contributed by atoms with Gasteiger partial charge < -0.3 is 20.3 Å². The number of nitrogens with one attached hydrogen (secondary N) is 2. The smallest absolute Gasteiger partial charge is 0.319 e. The summed E-state index contributed by atoms with van der Waals surface area (Å²) >= 11 is 11.8. The first kappa shape index (κ1) is 21.1. The van der Waals surface area contributed by atoms with Crippen LogP contribution in [0.3, 0.4) is 0 Å². The number of amides is 2. The largest absolute Gasteiger partial charge is 0.480 e. The van der Waals surface area contributed by atoms with Crippen molar-refractivity contribution in [1.82, 2.24) is 15.5 Å². The van der Waals surface area contributed by atoms with Crippen LogP contribution in [0.2, 0.25) is 10.0 Å². The van der Waals surface area contributed by atoms with E-state index in [0.717, 1.165) is 5.56 Å². The maximum absolute atomic E-state index is 12.6. The Morgan fingerprint density at radius 3 is 2.26 bits per heavy atom. The van der Waals surface area contributed by atoms with Crippen molar-refractivity contribution in [3.63, 3.8) is 0 Å². The lowest BCUT2D eigenvalue weighted by atomic mass is 10.1. The Bertz CT molecular complexity index is 1100. The number of halogens is 2. The van der Waals surface area contributed by atoms with Gasteiger partial charge >= 0.3 is 12.0 Å². The first-order chi connectivity index (χ1) is 14.9. The zero-order chi connectivity index (χ0) is 22.0. The van der Waals surface area contributed by atoms with Crippen LogP contribution in [0.4, 0.5) is 10.5 Å². The molecule has 1 atom stereocenters. The summed E-state index contributed by atoms with van der Waals surface area (Å²) in [4.78, 5) is 28.5. The normalized spacial score (nSPS) is 15.2. The summed E-state index contributed by atoms with van der Waals surface area (Å²) in [5.74, 6) is -0.745. The topological polar surface area (TPSA) is 117 Å². The molecule has 160 valence electrons. The summed E-state index contributed by atoms with van der Waals surface area (Å²) in [5, 5.41) is 20.1. The van der Waals surface area contributed by atoms with E-state index in [9.17, 15) is 14.7 Å². The quantitative estimate of drug-likeness (QED) is 0.474. The fraction of sp³-hybridized carbons (Fsp3) is 0.238. The average molecular weight is 461 g/mol. The predicted octanol–water partition coefficient (Wildman–Crippen LogP) is 4.60. The fourth-order valence-electron chi connectivity index (χ4n) is 3.14. The van der Waals surface area contributed by atoms with Gasteiger partial charge in [-0.15, -0.1) is 0 Å². The van der Waals surface area contributed by atoms with Crippen LogP contribution >= 0.6 is 23.2 Å². The molecule has 8 nitrogen and oxygen atoms in total. The second kappa shape index (κ2) is 8.56. The molecular formula is C21H18Cl2N4O4. The number of anilines is 1. The lowest BCUT2D eigenvalue weighted by Crippen LogP contribution is -2.34. The number of carboxylic acids is 1. The number of hydrogen-bond donors (Lipinski definition) is 3. The van der Waals surface area contributed by atoms with Gasteiger partial charge in [-0.25, -0.2) is 4.79 Å². The molecule has 3 aromatic rings. The van der Waals surface area contributed by atoms with Gasteiger partial charge in [-0.05, 0) is 54.8 Å². The Kier molecular flexibility index (Phi) is 5.84. The molecule has 1 aliphatic carbocycles. The van der Waals surface area contributed by atoms with Gasteiger partial charge in [0.25, 0.3) is 0 Å². The molecule has 2 amide bonds. The Hall–Kier alpha value is -3.10. The Morgan fingerprint density at radius 1 is 1.06 bits per heavy atom. The van der Waals surface area contributed by atoms with Crippen molar-refractivity contribution in [3.05, 3.63) is 75.9 Å². The van der Waals surface area contributed by atoms with Crippen LogP contribution in [0.5, 0.6) is 0 Å². The first-order valence-electron chi connectivity index (χ1n) is 9.51. The molecule has 10 heteroatoms. The van der Waals surface area contributed by atoms with Crippen LogP contribution in [0.25, 0.3) is 0 Å². The van der Waals surface area contributed by atoms with Gasteiger partial charge in [-0.1, -0.05) is 40.5 Å². The molecule has 0 radical (unpaired) electrons. The molecule has 4 rings (SSSR count). The third kappa shape index (κ3) is 4.81. The summed E-state index contributed by atoms with van der Waals surface area (Å²) in [6.07, 6.45) is 1.23. The van der Waals surface area contributed by atoms with E-state index in [0.29, 0.717) is 35.0 Å². The maximum atomic E-state index is 12.6. The van der Waals surface area contributed by atoms with Gasteiger partial charge in [-0.2, -0.15) is 4.98 Å². The molecule has 0 saturated heterocycles. The number of carbonyl (C=O) groups excluding carboxylic acids is 1. The predicted molar refractivity (Wildman–Crippen MR) is 114 cm³/mol. The Labute approximate surface area is 187 Å². The highest BCUT2D eigenvalue weighted by molar-refractivity contribution is 6.30. The molecule has 1 unspecified atom stereocenters. The number of aromatic nitrogens is 2. The van der Waals surface area contributed by atoms with Gasteiger partial charge in [-0.3, -0.25) is 4.79 Å². The maximum Gasteiger partial charge on any atom is 0.319 e. The molecule has 0 aliphatic heterocycles. The minimum atomic E-state index is -1.12. The van der Waals surface area contributed by atoms with Crippen molar-refractivity contribution >= 4 is 40.9 Å². The average Bonchev–Trinajstić information content (AvgIpc) is 3.41. The van der Waals surface area contributed by atoms with Gasteiger partial charge in [0.1, 0.15) is 5.41 Å². The second-order valence-corrected chi connectivity index (χ2v) is 8.21. The Balaban J connectivity index is 1.55. The minimum absolute atomic E-state index is 0.0519. The zero-order valence-corrected chi connectivity index (χ0v) is 17.7. The van der Waals surface area contributed by atoms with Crippen molar-refractivity contribution in [3.8, 4) is 0 Å². The van der Waals surface area contributed by atoms with Crippen molar-refractivity contribution in [2.24, 2.45) is 0 Å². The zero-order valence-electron chi connectivity index (χ0n) is 16.1. The monoisotopic (exact) mass is 460 g/mol. The van der Waals surface area contributed by atoms with E-state index < -0.39 is 23.5 Å². The van der Waals surface area contributed by atoms with Crippen molar-refractivity contribution in [2.75, 3.05) is 5.32 Å².